The number of hydrogen-bond donors (Lipinski definition) is 2. The Kier molecular flexibility index (Phi) is 5.64. The van der Waals surface area contributed by atoms with Gasteiger partial charge in [-0.3, -0.25) is 4.98 Å². The van der Waals surface area contributed by atoms with Crippen LogP contribution in [0.2, 0.25) is 0 Å². The second kappa shape index (κ2) is 7.49. The third-order valence-electron chi connectivity index (χ3n) is 4.27. The summed E-state index contributed by atoms with van der Waals surface area (Å²) in [6, 6.07) is 2.29. The molecular formula is C16H27N3. The molecule has 0 aromatic carbocycles. The molecule has 19 heavy (non-hydrogen) atoms. The standard InChI is InChI=1S/C16H27N3/c1-2-19-16(14-12-18-11-10-15(14)17)13-8-6-4-3-5-7-9-13/h10-13,16,19H,2-9H2,1H3,(H2,17,18). The molecule has 0 radical (unpaired) electrons. The third kappa shape index (κ3) is 3.93. The van der Waals surface area contributed by atoms with Gasteiger partial charge < -0.3 is 11.1 Å². The van der Waals surface area contributed by atoms with Crippen molar-refractivity contribution in [3.8, 4) is 0 Å². The number of hydrogen-bond acceptors (Lipinski definition) is 3. The maximum absolute atomic E-state index is 6.15. The Bertz CT molecular complexity index is 370. The molecule has 1 aliphatic rings. The Balaban J connectivity index is 2.15. The van der Waals surface area contributed by atoms with Gasteiger partial charge in [-0.2, -0.15) is 0 Å². The van der Waals surface area contributed by atoms with Gasteiger partial charge in [-0.05, 0) is 31.4 Å². The quantitative estimate of drug-likeness (QED) is 0.869. The summed E-state index contributed by atoms with van der Waals surface area (Å²) in [7, 11) is 0. The van der Waals surface area contributed by atoms with Crippen molar-refractivity contribution in [2.75, 3.05) is 12.3 Å². The summed E-state index contributed by atoms with van der Waals surface area (Å²) in [6.07, 6.45) is 13.2. The Morgan fingerprint density at radius 1 is 1.26 bits per heavy atom. The number of rotatable bonds is 4. The lowest BCUT2D eigenvalue weighted by molar-refractivity contribution is 0.292. The van der Waals surface area contributed by atoms with Gasteiger partial charge in [-0.15, -0.1) is 0 Å². The molecule has 1 aromatic rings. The second-order valence-electron chi connectivity index (χ2n) is 5.65. The monoisotopic (exact) mass is 261 g/mol. The Morgan fingerprint density at radius 3 is 2.58 bits per heavy atom. The van der Waals surface area contributed by atoms with E-state index < -0.39 is 0 Å². The Labute approximate surface area is 117 Å². The molecule has 0 spiro atoms. The van der Waals surface area contributed by atoms with Gasteiger partial charge in [0.25, 0.3) is 0 Å². The number of anilines is 1. The van der Waals surface area contributed by atoms with Crippen LogP contribution in [0.1, 0.15) is 63.5 Å². The summed E-state index contributed by atoms with van der Waals surface area (Å²) in [6.45, 7) is 3.15. The molecule has 3 nitrogen and oxygen atoms in total. The molecule has 0 aliphatic heterocycles. The molecule has 3 N–H and O–H groups in total. The van der Waals surface area contributed by atoms with Gasteiger partial charge in [0.05, 0.1) is 0 Å². The molecule has 106 valence electrons. The maximum atomic E-state index is 6.15. The van der Waals surface area contributed by atoms with Gasteiger partial charge in [0.2, 0.25) is 0 Å². The van der Waals surface area contributed by atoms with E-state index in [0.717, 1.165) is 12.2 Å². The van der Waals surface area contributed by atoms with E-state index in [4.69, 9.17) is 5.73 Å². The largest absolute Gasteiger partial charge is 0.398 e. The van der Waals surface area contributed by atoms with E-state index in [1.807, 2.05) is 12.3 Å². The first-order chi connectivity index (χ1) is 9.33. The van der Waals surface area contributed by atoms with Gasteiger partial charge >= 0.3 is 0 Å². The van der Waals surface area contributed by atoms with Crippen molar-refractivity contribution < 1.29 is 0 Å². The van der Waals surface area contributed by atoms with E-state index in [1.165, 1.54) is 50.5 Å². The highest BCUT2D eigenvalue weighted by molar-refractivity contribution is 5.46. The van der Waals surface area contributed by atoms with E-state index in [-0.39, 0.29) is 0 Å². The number of nitrogens with one attached hydrogen (secondary N) is 1. The van der Waals surface area contributed by atoms with Crippen LogP contribution in [0, 0.1) is 5.92 Å². The van der Waals surface area contributed by atoms with Crippen LogP contribution in [0.3, 0.4) is 0 Å². The number of nitrogens with two attached hydrogens (primary N) is 1. The van der Waals surface area contributed by atoms with Crippen LogP contribution in [0.4, 0.5) is 5.69 Å². The summed E-state index contributed by atoms with van der Waals surface area (Å²) in [5, 5.41) is 3.64. The first-order valence-corrected chi connectivity index (χ1v) is 7.75. The highest BCUT2D eigenvalue weighted by Crippen LogP contribution is 2.34. The van der Waals surface area contributed by atoms with Crippen LogP contribution >= 0.6 is 0 Å². The van der Waals surface area contributed by atoms with Crippen molar-refractivity contribution in [1.29, 1.82) is 0 Å². The molecule has 1 aliphatic carbocycles. The average Bonchev–Trinajstić information content (AvgIpc) is 2.37. The van der Waals surface area contributed by atoms with Crippen molar-refractivity contribution in [1.82, 2.24) is 10.3 Å². The number of pyridine rings is 1. The summed E-state index contributed by atoms with van der Waals surface area (Å²) in [5.41, 5.74) is 8.22. The normalized spacial score (nSPS) is 19.6. The van der Waals surface area contributed by atoms with E-state index in [1.54, 1.807) is 6.20 Å². The molecule has 1 fully saturated rings. The summed E-state index contributed by atoms with van der Waals surface area (Å²) >= 11 is 0. The predicted molar refractivity (Wildman–Crippen MR) is 80.9 cm³/mol. The number of nitrogens with zero attached hydrogens (tertiary/aromatic N) is 1. The van der Waals surface area contributed by atoms with E-state index >= 15 is 0 Å². The second-order valence-corrected chi connectivity index (χ2v) is 5.65. The molecule has 0 bridgehead atoms. The number of nitrogen functional groups attached to an aromatic ring is 1. The highest BCUT2D eigenvalue weighted by Gasteiger charge is 2.24. The van der Waals surface area contributed by atoms with Gasteiger partial charge in [0, 0.05) is 29.7 Å². The van der Waals surface area contributed by atoms with Gasteiger partial charge in [-0.1, -0.05) is 39.0 Å². The zero-order chi connectivity index (χ0) is 13.5. The predicted octanol–water partition coefficient (Wildman–Crippen LogP) is 3.67. The van der Waals surface area contributed by atoms with Crippen molar-refractivity contribution >= 4 is 5.69 Å². The minimum Gasteiger partial charge on any atom is -0.398 e. The van der Waals surface area contributed by atoms with E-state index in [2.05, 4.69) is 17.2 Å². The molecule has 1 atom stereocenters. The lowest BCUT2D eigenvalue weighted by atomic mass is 9.83. The van der Waals surface area contributed by atoms with Crippen LogP contribution in [-0.2, 0) is 0 Å². The summed E-state index contributed by atoms with van der Waals surface area (Å²) < 4.78 is 0. The van der Waals surface area contributed by atoms with Crippen LogP contribution in [0.15, 0.2) is 18.5 Å². The molecule has 1 unspecified atom stereocenters. The molecule has 0 saturated heterocycles. The first kappa shape index (κ1) is 14.3. The SMILES string of the molecule is CCNC(c1cnccc1N)C1CCCCCCC1. The zero-order valence-corrected chi connectivity index (χ0v) is 12.1. The first-order valence-electron chi connectivity index (χ1n) is 7.75. The topological polar surface area (TPSA) is 50.9 Å². The average molecular weight is 261 g/mol. The lowest BCUT2D eigenvalue weighted by Gasteiger charge is -2.30. The van der Waals surface area contributed by atoms with Crippen LogP contribution in [0.25, 0.3) is 0 Å². The van der Waals surface area contributed by atoms with E-state index in [9.17, 15) is 0 Å². The van der Waals surface area contributed by atoms with Gasteiger partial charge in [0.15, 0.2) is 0 Å². The van der Waals surface area contributed by atoms with Crippen molar-refractivity contribution in [2.45, 2.75) is 57.9 Å². The smallest absolute Gasteiger partial charge is 0.0393 e. The van der Waals surface area contributed by atoms with Crippen LogP contribution in [-0.4, -0.2) is 11.5 Å². The minimum absolute atomic E-state index is 0.372. The zero-order valence-electron chi connectivity index (χ0n) is 12.1. The lowest BCUT2D eigenvalue weighted by Crippen LogP contribution is -2.29. The van der Waals surface area contributed by atoms with Crippen LogP contribution in [0.5, 0.6) is 0 Å². The summed E-state index contributed by atoms with van der Waals surface area (Å²) in [4.78, 5) is 4.27. The molecule has 3 heteroatoms. The fraction of sp³-hybridized carbons (Fsp3) is 0.688. The minimum atomic E-state index is 0.372. The van der Waals surface area contributed by atoms with Gasteiger partial charge in [-0.25, -0.2) is 0 Å². The third-order valence-corrected chi connectivity index (χ3v) is 4.27. The fourth-order valence-corrected chi connectivity index (χ4v) is 3.25. The highest BCUT2D eigenvalue weighted by atomic mass is 14.9. The number of aromatic nitrogens is 1. The van der Waals surface area contributed by atoms with Gasteiger partial charge in [0.1, 0.15) is 0 Å². The Hall–Kier alpha value is -1.09. The molecule has 1 aromatic heterocycles. The summed E-state index contributed by atoms with van der Waals surface area (Å²) in [5.74, 6) is 0.701. The van der Waals surface area contributed by atoms with E-state index in [0.29, 0.717) is 12.0 Å². The molecule has 1 saturated carbocycles. The molecule has 0 amide bonds. The maximum Gasteiger partial charge on any atom is 0.0393 e. The van der Waals surface area contributed by atoms with Crippen molar-refractivity contribution in [3.05, 3.63) is 24.0 Å². The molecule has 1 heterocycles. The van der Waals surface area contributed by atoms with Crippen molar-refractivity contribution in [3.63, 3.8) is 0 Å². The molecular weight excluding hydrogens is 234 g/mol. The van der Waals surface area contributed by atoms with Crippen molar-refractivity contribution in [2.24, 2.45) is 5.92 Å². The fourth-order valence-electron chi connectivity index (χ4n) is 3.25. The molecule has 2 rings (SSSR count). The van der Waals surface area contributed by atoms with Crippen LogP contribution < -0.4 is 11.1 Å². The Morgan fingerprint density at radius 2 is 1.95 bits per heavy atom.